The van der Waals surface area contributed by atoms with Crippen LogP contribution in [-0.4, -0.2) is 130 Å². The average Bonchev–Trinajstić information content (AvgIpc) is 3.29. The number of amides is 8. The number of rotatable bonds is 30. The summed E-state index contributed by atoms with van der Waals surface area (Å²) in [6.07, 6.45) is -0.219. The van der Waals surface area contributed by atoms with E-state index in [1.807, 2.05) is 0 Å². The number of hydrogen-bond acceptors (Lipinski definition) is 11. The number of phenolic OH excluding ortho intramolecular Hbond substituents is 1. The lowest BCUT2D eigenvalue weighted by molar-refractivity contribution is -0.368. The summed E-state index contributed by atoms with van der Waals surface area (Å²) >= 11 is 0. The Morgan fingerprint density at radius 2 is 1.06 bits per heavy atom. The van der Waals surface area contributed by atoms with Crippen molar-refractivity contribution in [3.8, 4) is 5.75 Å². The molecule has 0 spiro atoms. The predicted molar refractivity (Wildman–Crippen MR) is 250 cm³/mol. The van der Waals surface area contributed by atoms with Gasteiger partial charge in [0.05, 0.1) is 19.6 Å². The first-order chi connectivity index (χ1) is 32.5. The van der Waals surface area contributed by atoms with Crippen LogP contribution in [0.5, 0.6) is 5.75 Å². The average molecular weight is 969 g/mol. The Morgan fingerprint density at radius 3 is 1.58 bits per heavy atom. The summed E-state index contributed by atoms with van der Waals surface area (Å²) in [6, 6.07) is 5.89. The fraction of sp³-hybridized carbons (Fsp3) is 0.532. The molecule has 0 saturated heterocycles. The van der Waals surface area contributed by atoms with Crippen molar-refractivity contribution in [2.45, 2.75) is 123 Å². The number of phenols is 1. The van der Waals surface area contributed by atoms with Crippen molar-refractivity contribution in [3.63, 3.8) is 0 Å². The van der Waals surface area contributed by atoms with Crippen LogP contribution in [-0.2, 0) is 49.6 Å². The number of unbranched alkanes of at least 4 members (excludes halogenated alkanes) is 1. The third-order valence-corrected chi connectivity index (χ3v) is 10.6. The Hall–Kier alpha value is -7.10. The van der Waals surface area contributed by atoms with E-state index in [1.165, 1.54) is 24.3 Å². The molecule has 2 aromatic rings. The Morgan fingerprint density at radius 1 is 0.551 bits per heavy atom. The van der Waals surface area contributed by atoms with E-state index in [9.17, 15) is 63.3 Å². The fourth-order valence-corrected chi connectivity index (χ4v) is 6.83. The standard InChI is InChI=1S/C47H69N9O13/c1-26(2)22-34(54-46(67)39(27(3)4)55-36(58)24-49-41(62)30-12-8-7-9-13-30)45(66)51-32(14-10-11-21-48)43(64)52-33(19-20-38(60)61)44(65)53-35(23-29-15-17-31(57)18-16-29)42(63)50-25-37(59)56-40(28(5)6)47(68)69/h7-9,12-13,15-18,26-28,32-35,39-40,57H,10-11,14,19-25,48H2,1-6H3,(H,49,62)(H,50,63)(H,51,66)(H,52,64)(H,53,65)(H,54,67)(H,55,58)(H,56,59)(H,60,61)(H,68,69)/p+1/t32-,33-,34-,35-,39-,40-/m0/s1. The smallest absolute Gasteiger partial charge is 0.326 e. The second-order valence-corrected chi connectivity index (χ2v) is 17.7. The van der Waals surface area contributed by atoms with Gasteiger partial charge in [-0.25, -0.2) is 4.79 Å². The van der Waals surface area contributed by atoms with Crippen LogP contribution in [0, 0.1) is 17.8 Å². The van der Waals surface area contributed by atoms with Gasteiger partial charge >= 0.3 is 11.9 Å². The zero-order valence-corrected chi connectivity index (χ0v) is 40.1. The molecule has 2 aromatic carbocycles. The van der Waals surface area contributed by atoms with Gasteiger partial charge in [-0.15, -0.1) is 0 Å². The Kier molecular flexibility index (Phi) is 24.9. The quantitative estimate of drug-likeness (QED) is 0.0424. The van der Waals surface area contributed by atoms with Crippen molar-refractivity contribution < 1.29 is 69.0 Å². The van der Waals surface area contributed by atoms with Gasteiger partial charge in [0.25, 0.3) is 5.91 Å². The number of carbonyl (C=O) groups is 10. The molecule has 22 heteroatoms. The first kappa shape index (κ1) is 58.0. The van der Waals surface area contributed by atoms with Crippen molar-refractivity contribution in [2.24, 2.45) is 17.8 Å². The molecule has 0 radical (unpaired) electrons. The highest BCUT2D eigenvalue weighted by Crippen LogP contribution is 2.14. The lowest BCUT2D eigenvalue weighted by atomic mass is 9.99. The molecule has 69 heavy (non-hydrogen) atoms. The maximum atomic E-state index is 14.1. The molecule has 0 aromatic heterocycles. The molecule has 380 valence electrons. The molecule has 0 aliphatic heterocycles. The molecule has 8 amide bonds. The zero-order valence-electron chi connectivity index (χ0n) is 40.1. The highest BCUT2D eigenvalue weighted by molar-refractivity contribution is 5.99. The number of carbonyl (C=O) groups excluding carboxylic acids is 8. The molecule has 0 unspecified atom stereocenters. The van der Waals surface area contributed by atoms with E-state index < -0.39 is 133 Å². The normalized spacial score (nSPS) is 13.7. The second-order valence-electron chi connectivity index (χ2n) is 17.7. The maximum absolute atomic E-state index is 14.1. The topological polar surface area (TPSA) is 355 Å². The lowest BCUT2D eigenvalue weighted by Crippen LogP contribution is -2.60. The maximum Gasteiger partial charge on any atom is 0.326 e. The lowest BCUT2D eigenvalue weighted by Gasteiger charge is -2.28. The summed E-state index contributed by atoms with van der Waals surface area (Å²) in [6.45, 7) is 9.50. The van der Waals surface area contributed by atoms with Gasteiger partial charge in [0.2, 0.25) is 41.4 Å². The number of aromatic hydroxyl groups is 1. The van der Waals surface area contributed by atoms with Crippen LogP contribution >= 0.6 is 0 Å². The Bertz CT molecular complexity index is 2070. The first-order valence-electron chi connectivity index (χ1n) is 23.0. The molecule has 0 aliphatic rings. The molecule has 6 atom stereocenters. The SMILES string of the molecule is CC(C)C[C@H](NC(=O)[C@@H](NC(=O)CNC(=O)c1ccccc1)C(C)C)C(=O)N[C@@H](CCCC[NH3+])C(=O)N[C@@H](CCC(=O)O)C(=O)N[C@@H](Cc1ccc(O)cc1)C(=O)NCC(=O)N[C@H](C(=O)O)C(C)C. The van der Waals surface area contributed by atoms with Crippen LogP contribution in [0.3, 0.4) is 0 Å². The Balaban J connectivity index is 2.34. The first-order valence-corrected chi connectivity index (χ1v) is 23.0. The van der Waals surface area contributed by atoms with Gasteiger partial charge in [-0.2, -0.15) is 0 Å². The van der Waals surface area contributed by atoms with Crippen LogP contribution in [0.2, 0.25) is 0 Å². The van der Waals surface area contributed by atoms with E-state index in [0.717, 1.165) is 0 Å². The number of quaternary nitrogens is 1. The minimum absolute atomic E-state index is 0.0373. The van der Waals surface area contributed by atoms with Crippen LogP contribution in [0.25, 0.3) is 0 Å². The van der Waals surface area contributed by atoms with Gasteiger partial charge < -0.3 is 63.6 Å². The number of aliphatic carboxylic acids is 2. The molecule has 0 heterocycles. The van der Waals surface area contributed by atoms with Crippen molar-refractivity contribution in [1.29, 1.82) is 0 Å². The predicted octanol–water partition coefficient (Wildman–Crippen LogP) is -0.891. The van der Waals surface area contributed by atoms with E-state index in [1.54, 1.807) is 71.9 Å². The van der Waals surface area contributed by atoms with Gasteiger partial charge in [-0.05, 0) is 79.7 Å². The van der Waals surface area contributed by atoms with E-state index in [2.05, 4.69) is 48.3 Å². The van der Waals surface area contributed by atoms with E-state index in [4.69, 9.17) is 0 Å². The van der Waals surface area contributed by atoms with Crippen LogP contribution in [0.15, 0.2) is 54.6 Å². The van der Waals surface area contributed by atoms with E-state index >= 15 is 0 Å². The Labute approximate surface area is 401 Å². The number of carboxylic acid groups (broad SMARTS) is 2. The van der Waals surface area contributed by atoms with Crippen molar-refractivity contribution in [2.75, 3.05) is 19.6 Å². The van der Waals surface area contributed by atoms with Gasteiger partial charge in [0, 0.05) is 18.4 Å². The number of carboxylic acids is 2. The molecule has 14 N–H and O–H groups in total. The minimum Gasteiger partial charge on any atom is -0.508 e. The summed E-state index contributed by atoms with van der Waals surface area (Å²) in [5, 5.41) is 49.0. The third-order valence-electron chi connectivity index (χ3n) is 10.6. The van der Waals surface area contributed by atoms with Gasteiger partial charge in [0.15, 0.2) is 0 Å². The number of benzene rings is 2. The number of hydrogen-bond donors (Lipinski definition) is 12. The monoisotopic (exact) mass is 969 g/mol. The summed E-state index contributed by atoms with van der Waals surface area (Å²) in [7, 11) is 0. The largest absolute Gasteiger partial charge is 0.508 e. The fourth-order valence-electron chi connectivity index (χ4n) is 6.83. The molecular formula is C47H70N9O13+. The highest BCUT2D eigenvalue weighted by Gasteiger charge is 2.34. The van der Waals surface area contributed by atoms with Gasteiger partial charge in [-0.1, -0.05) is 71.9 Å². The molecular weight excluding hydrogens is 899 g/mol. The molecule has 2 rings (SSSR count). The third kappa shape index (κ3) is 21.6. The molecule has 0 fully saturated rings. The van der Waals surface area contributed by atoms with Crippen LogP contribution in [0.1, 0.15) is 96.0 Å². The molecule has 0 saturated carbocycles. The molecule has 0 bridgehead atoms. The van der Waals surface area contributed by atoms with Crippen LogP contribution in [0.4, 0.5) is 0 Å². The van der Waals surface area contributed by atoms with Crippen molar-refractivity contribution in [1.82, 2.24) is 42.5 Å². The van der Waals surface area contributed by atoms with Crippen molar-refractivity contribution >= 4 is 59.2 Å². The summed E-state index contributed by atoms with van der Waals surface area (Å²) in [5.74, 6) is -10.0. The van der Waals surface area contributed by atoms with E-state index in [-0.39, 0.29) is 30.9 Å². The molecule has 0 aliphatic carbocycles. The van der Waals surface area contributed by atoms with Crippen molar-refractivity contribution in [3.05, 3.63) is 65.7 Å². The summed E-state index contributed by atoms with van der Waals surface area (Å²) in [4.78, 5) is 131. The zero-order chi connectivity index (χ0) is 51.8. The highest BCUT2D eigenvalue weighted by atomic mass is 16.4. The number of nitrogens with one attached hydrogen (secondary N) is 8. The van der Waals surface area contributed by atoms with Crippen LogP contribution < -0.4 is 48.3 Å². The summed E-state index contributed by atoms with van der Waals surface area (Å²) < 4.78 is 0. The minimum atomic E-state index is -1.58. The second kappa shape index (κ2) is 29.6. The molecule has 22 nitrogen and oxygen atoms in total. The van der Waals surface area contributed by atoms with Gasteiger partial charge in [0.1, 0.15) is 42.0 Å². The van der Waals surface area contributed by atoms with E-state index in [0.29, 0.717) is 30.5 Å². The van der Waals surface area contributed by atoms with Gasteiger partial charge in [-0.3, -0.25) is 43.2 Å². The summed E-state index contributed by atoms with van der Waals surface area (Å²) in [5.41, 5.74) is 4.60.